The zero-order valence-corrected chi connectivity index (χ0v) is 17.2. The molecule has 0 fully saturated rings. The molecule has 0 N–H and O–H groups in total. The van der Waals surface area contributed by atoms with Gasteiger partial charge < -0.3 is 8.83 Å². The predicted molar refractivity (Wildman–Crippen MR) is 121 cm³/mol. The molecule has 0 aliphatic rings. The first-order valence-corrected chi connectivity index (χ1v) is 9.94. The Morgan fingerprint density at radius 1 is 0.750 bits per heavy atom. The molecular weight excluding hydrogens is 408 g/mol. The third kappa shape index (κ3) is 2.80. The Bertz CT molecular complexity index is 1720. The predicted octanol–water partition coefficient (Wildman–Crippen LogP) is 5.12. The monoisotopic (exact) mass is 424 g/mol. The maximum Gasteiger partial charge on any atom is 0.200 e. The van der Waals surface area contributed by atoms with Crippen LogP contribution in [0.2, 0.25) is 0 Å². The number of hydrogen-bond donors (Lipinski definition) is 0. The lowest BCUT2D eigenvalue weighted by molar-refractivity contribution is 0.101. The highest BCUT2D eigenvalue weighted by molar-refractivity contribution is 6.17. The van der Waals surface area contributed by atoms with Gasteiger partial charge in [0.1, 0.15) is 23.0 Å². The molecule has 0 saturated heterocycles. The first-order chi connectivity index (χ1) is 15.4. The quantitative estimate of drug-likeness (QED) is 0.295. The molecule has 2 heterocycles. The van der Waals surface area contributed by atoms with Crippen LogP contribution in [0.15, 0.2) is 79.3 Å². The lowest BCUT2D eigenvalue weighted by Gasteiger charge is -2.14. The number of benzene rings is 3. The Kier molecular flexibility index (Phi) is 4.37. The molecule has 5 aromatic rings. The first kappa shape index (κ1) is 19.6. The molecule has 2 aromatic heterocycles. The average Bonchev–Trinajstić information content (AvgIpc) is 2.78. The van der Waals surface area contributed by atoms with Crippen LogP contribution in [0, 0.1) is 0 Å². The van der Waals surface area contributed by atoms with Gasteiger partial charge in [-0.2, -0.15) is 0 Å². The molecule has 6 nitrogen and oxygen atoms in total. The Morgan fingerprint density at radius 2 is 1.38 bits per heavy atom. The van der Waals surface area contributed by atoms with Crippen molar-refractivity contribution in [2.24, 2.45) is 0 Å². The van der Waals surface area contributed by atoms with Gasteiger partial charge in [-0.15, -0.1) is 0 Å². The van der Waals surface area contributed by atoms with Crippen molar-refractivity contribution in [3.05, 3.63) is 92.4 Å². The van der Waals surface area contributed by atoms with Gasteiger partial charge in [0.2, 0.25) is 10.9 Å². The van der Waals surface area contributed by atoms with Crippen LogP contribution in [-0.2, 0) is 0 Å². The van der Waals surface area contributed by atoms with Crippen LogP contribution in [0.5, 0.6) is 0 Å². The minimum absolute atomic E-state index is 0.00173. The Labute approximate surface area is 180 Å². The van der Waals surface area contributed by atoms with Gasteiger partial charge in [-0.3, -0.25) is 19.2 Å². The van der Waals surface area contributed by atoms with Crippen LogP contribution in [-0.4, -0.2) is 11.6 Å². The Morgan fingerprint density at radius 3 is 2.03 bits per heavy atom. The minimum atomic E-state index is -0.445. The summed E-state index contributed by atoms with van der Waals surface area (Å²) < 4.78 is 11.6. The van der Waals surface area contributed by atoms with Crippen LogP contribution in [0.4, 0.5) is 0 Å². The number of para-hydroxylation sites is 2. The molecular formula is C26H16O6. The SMILES string of the molecule is CC(=O)c1cc2c(=O)c3ccccc3oc2c(C(C)=O)c1-c1coc2ccccc2c1=O. The number of rotatable bonds is 3. The van der Waals surface area contributed by atoms with Crippen molar-refractivity contribution >= 4 is 44.5 Å². The van der Waals surface area contributed by atoms with E-state index in [1.807, 2.05) is 0 Å². The summed E-state index contributed by atoms with van der Waals surface area (Å²) in [5, 5.41) is 0.754. The van der Waals surface area contributed by atoms with Gasteiger partial charge in [-0.25, -0.2) is 0 Å². The summed E-state index contributed by atoms with van der Waals surface area (Å²) in [4.78, 5) is 52.0. The number of hydrogen-bond acceptors (Lipinski definition) is 6. The van der Waals surface area contributed by atoms with Crippen molar-refractivity contribution in [2.75, 3.05) is 0 Å². The zero-order valence-electron chi connectivity index (χ0n) is 17.2. The second-order valence-electron chi connectivity index (χ2n) is 7.57. The molecule has 32 heavy (non-hydrogen) atoms. The standard InChI is InChI=1S/C26H16O6/c1-13(27)17-11-18-24(29)16-8-4-6-10-21(16)32-26(18)22(14(2)28)23(17)19-12-31-20-9-5-3-7-15(20)25(19)30/h3-12H,1-2H3. The third-order valence-electron chi connectivity index (χ3n) is 5.55. The van der Waals surface area contributed by atoms with Crippen molar-refractivity contribution in [3.63, 3.8) is 0 Å². The van der Waals surface area contributed by atoms with E-state index in [4.69, 9.17) is 8.83 Å². The van der Waals surface area contributed by atoms with E-state index in [1.165, 1.54) is 26.2 Å². The summed E-state index contributed by atoms with van der Waals surface area (Å²) >= 11 is 0. The van der Waals surface area contributed by atoms with E-state index in [0.29, 0.717) is 21.9 Å². The van der Waals surface area contributed by atoms with Crippen LogP contribution < -0.4 is 10.9 Å². The normalized spacial score (nSPS) is 11.3. The van der Waals surface area contributed by atoms with E-state index >= 15 is 0 Å². The highest BCUT2D eigenvalue weighted by atomic mass is 16.3. The summed E-state index contributed by atoms with van der Waals surface area (Å²) in [6.45, 7) is 2.62. The van der Waals surface area contributed by atoms with E-state index in [9.17, 15) is 19.2 Å². The van der Waals surface area contributed by atoms with E-state index in [2.05, 4.69) is 0 Å². The van der Waals surface area contributed by atoms with Crippen molar-refractivity contribution in [1.29, 1.82) is 0 Å². The lowest BCUT2D eigenvalue weighted by atomic mass is 9.89. The molecule has 0 spiro atoms. The summed E-state index contributed by atoms with van der Waals surface area (Å²) in [6.07, 6.45) is 1.24. The third-order valence-corrected chi connectivity index (χ3v) is 5.55. The number of fused-ring (bicyclic) bond motifs is 3. The molecule has 6 heteroatoms. The van der Waals surface area contributed by atoms with Gasteiger partial charge in [-0.05, 0) is 44.2 Å². The van der Waals surface area contributed by atoms with Gasteiger partial charge in [0.05, 0.1) is 27.3 Å². The van der Waals surface area contributed by atoms with Gasteiger partial charge >= 0.3 is 0 Å². The van der Waals surface area contributed by atoms with Crippen LogP contribution in [0.25, 0.3) is 44.0 Å². The molecule has 0 aliphatic carbocycles. The molecule has 0 saturated carbocycles. The van der Waals surface area contributed by atoms with Crippen molar-refractivity contribution in [2.45, 2.75) is 13.8 Å². The second-order valence-corrected chi connectivity index (χ2v) is 7.57. The molecule has 5 rings (SSSR count). The number of carbonyl (C=O) groups is 2. The van der Waals surface area contributed by atoms with Gasteiger partial charge in [0.25, 0.3) is 0 Å². The molecule has 156 valence electrons. The van der Waals surface area contributed by atoms with Crippen LogP contribution in [0.1, 0.15) is 34.6 Å². The Balaban J connectivity index is 2.03. The average molecular weight is 424 g/mol. The summed E-state index contributed by atoms with van der Waals surface area (Å²) in [6, 6.07) is 14.8. The van der Waals surface area contributed by atoms with Gasteiger partial charge in [-0.1, -0.05) is 24.3 Å². The van der Waals surface area contributed by atoms with Crippen molar-refractivity contribution < 1.29 is 18.4 Å². The summed E-state index contributed by atoms with van der Waals surface area (Å²) in [7, 11) is 0. The number of ketones is 2. The molecule has 0 atom stereocenters. The smallest absolute Gasteiger partial charge is 0.200 e. The molecule has 0 amide bonds. The Hall–Kier alpha value is -4.32. The molecule has 3 aromatic carbocycles. The van der Waals surface area contributed by atoms with Crippen molar-refractivity contribution in [1.82, 2.24) is 0 Å². The minimum Gasteiger partial charge on any atom is -0.463 e. The van der Waals surface area contributed by atoms with E-state index in [-0.39, 0.29) is 44.1 Å². The molecule has 0 bridgehead atoms. The number of carbonyl (C=O) groups excluding carboxylic acids is 2. The first-order valence-electron chi connectivity index (χ1n) is 9.94. The summed E-state index contributed by atoms with van der Waals surface area (Å²) in [5.74, 6) is -0.844. The van der Waals surface area contributed by atoms with E-state index in [1.54, 1.807) is 48.5 Å². The summed E-state index contributed by atoms with van der Waals surface area (Å²) in [5.41, 5.74) is 0.211. The number of Topliss-reactive ketones (excluding diaryl/α,β-unsaturated/α-hetero) is 2. The fourth-order valence-electron chi connectivity index (χ4n) is 4.08. The van der Waals surface area contributed by atoms with E-state index in [0.717, 1.165) is 0 Å². The van der Waals surface area contributed by atoms with Crippen molar-refractivity contribution in [3.8, 4) is 11.1 Å². The maximum absolute atomic E-state index is 13.3. The topological polar surface area (TPSA) is 94.6 Å². The largest absolute Gasteiger partial charge is 0.463 e. The fraction of sp³-hybridized carbons (Fsp3) is 0.0769. The maximum atomic E-state index is 13.3. The molecule has 0 unspecified atom stereocenters. The van der Waals surface area contributed by atoms with Gasteiger partial charge in [0, 0.05) is 11.1 Å². The highest BCUT2D eigenvalue weighted by Gasteiger charge is 2.26. The fourth-order valence-corrected chi connectivity index (χ4v) is 4.08. The molecule has 0 aliphatic heterocycles. The lowest BCUT2D eigenvalue weighted by Crippen LogP contribution is -2.14. The molecule has 0 radical (unpaired) electrons. The van der Waals surface area contributed by atoms with E-state index < -0.39 is 11.6 Å². The zero-order chi connectivity index (χ0) is 22.6. The second kappa shape index (κ2) is 7.13. The van der Waals surface area contributed by atoms with Crippen LogP contribution in [0.3, 0.4) is 0 Å². The van der Waals surface area contributed by atoms with Crippen LogP contribution >= 0.6 is 0 Å². The van der Waals surface area contributed by atoms with Gasteiger partial charge in [0.15, 0.2) is 11.6 Å². The highest BCUT2D eigenvalue weighted by Crippen LogP contribution is 2.34.